The number of pyridine rings is 2. The van der Waals surface area contributed by atoms with E-state index in [1.165, 1.54) is 22.9 Å². The van der Waals surface area contributed by atoms with Crippen LogP contribution in [0, 0.1) is 0 Å². The molecule has 0 amide bonds. The second-order valence-corrected chi connectivity index (χ2v) is 7.79. The van der Waals surface area contributed by atoms with Crippen molar-refractivity contribution in [3.05, 3.63) is 58.3 Å². The molecular formula is C21H26F3N5O. The SMILES string of the molecule is CCCn1cc(N=C/C(=C\N)c2cnc(NC(C)(C)C)cc2C(F)(F)F)ccc1=O. The van der Waals surface area contributed by atoms with Gasteiger partial charge in [-0.2, -0.15) is 13.2 Å². The van der Waals surface area contributed by atoms with Gasteiger partial charge in [0.05, 0.1) is 11.3 Å². The molecule has 30 heavy (non-hydrogen) atoms. The van der Waals surface area contributed by atoms with Gasteiger partial charge in [0, 0.05) is 54.1 Å². The van der Waals surface area contributed by atoms with Gasteiger partial charge in [-0.05, 0) is 39.3 Å². The second kappa shape index (κ2) is 9.15. The maximum absolute atomic E-state index is 13.7. The van der Waals surface area contributed by atoms with E-state index in [1.54, 1.807) is 6.20 Å². The van der Waals surface area contributed by atoms with Crippen LogP contribution in [0.5, 0.6) is 0 Å². The summed E-state index contributed by atoms with van der Waals surface area (Å²) in [4.78, 5) is 20.1. The van der Waals surface area contributed by atoms with E-state index < -0.39 is 17.3 Å². The molecule has 0 aromatic carbocycles. The van der Waals surface area contributed by atoms with E-state index in [4.69, 9.17) is 5.73 Å². The molecule has 2 aromatic rings. The summed E-state index contributed by atoms with van der Waals surface area (Å²) in [6.07, 6.45) is 1.11. The first kappa shape index (κ1) is 23.2. The fraction of sp³-hybridized carbons (Fsp3) is 0.381. The number of aliphatic imine (C=N–C) groups is 1. The van der Waals surface area contributed by atoms with Gasteiger partial charge in [-0.3, -0.25) is 9.79 Å². The second-order valence-electron chi connectivity index (χ2n) is 7.79. The first-order valence-corrected chi connectivity index (χ1v) is 9.47. The Labute approximate surface area is 173 Å². The summed E-state index contributed by atoms with van der Waals surface area (Å²) in [6.45, 7) is 7.93. The summed E-state index contributed by atoms with van der Waals surface area (Å²) >= 11 is 0. The van der Waals surface area contributed by atoms with Crippen molar-refractivity contribution in [1.82, 2.24) is 9.55 Å². The molecule has 3 N–H and O–H groups in total. The number of aryl methyl sites for hydroxylation is 1. The highest BCUT2D eigenvalue weighted by Crippen LogP contribution is 2.36. The lowest BCUT2D eigenvalue weighted by molar-refractivity contribution is -0.137. The molecule has 2 aromatic heterocycles. The minimum atomic E-state index is -4.61. The molecule has 162 valence electrons. The Kier molecular flexibility index (Phi) is 7.07. The Morgan fingerprint density at radius 1 is 1.30 bits per heavy atom. The van der Waals surface area contributed by atoms with E-state index in [1.807, 2.05) is 27.7 Å². The van der Waals surface area contributed by atoms with Gasteiger partial charge in [-0.15, -0.1) is 0 Å². The highest BCUT2D eigenvalue weighted by Gasteiger charge is 2.35. The van der Waals surface area contributed by atoms with Crippen LogP contribution >= 0.6 is 0 Å². The summed E-state index contributed by atoms with van der Waals surface area (Å²) < 4.78 is 42.6. The van der Waals surface area contributed by atoms with Crippen LogP contribution < -0.4 is 16.6 Å². The lowest BCUT2D eigenvalue weighted by Gasteiger charge is -2.22. The summed E-state index contributed by atoms with van der Waals surface area (Å²) in [5, 5.41) is 2.93. The third-order valence-electron chi connectivity index (χ3n) is 3.99. The predicted molar refractivity (Wildman–Crippen MR) is 114 cm³/mol. The number of nitrogens with one attached hydrogen (secondary N) is 1. The van der Waals surface area contributed by atoms with Gasteiger partial charge in [0.15, 0.2) is 0 Å². The number of anilines is 1. The van der Waals surface area contributed by atoms with Crippen LogP contribution in [-0.2, 0) is 12.7 Å². The lowest BCUT2D eigenvalue weighted by atomic mass is 10.0. The van der Waals surface area contributed by atoms with Crippen molar-refractivity contribution < 1.29 is 13.2 Å². The third-order valence-corrected chi connectivity index (χ3v) is 3.99. The molecule has 2 heterocycles. The predicted octanol–water partition coefficient (Wildman–Crippen LogP) is 4.58. The van der Waals surface area contributed by atoms with Crippen LogP contribution in [0.25, 0.3) is 5.57 Å². The molecule has 0 saturated heterocycles. The van der Waals surface area contributed by atoms with Crippen molar-refractivity contribution in [3.63, 3.8) is 0 Å². The van der Waals surface area contributed by atoms with Crippen molar-refractivity contribution in [2.45, 2.75) is 52.4 Å². The van der Waals surface area contributed by atoms with Gasteiger partial charge in [0.1, 0.15) is 5.82 Å². The molecule has 0 spiro atoms. The minimum absolute atomic E-state index is 0.0605. The molecule has 2 rings (SSSR count). The van der Waals surface area contributed by atoms with Crippen molar-refractivity contribution in [3.8, 4) is 0 Å². The number of rotatable bonds is 6. The first-order valence-electron chi connectivity index (χ1n) is 9.47. The first-order chi connectivity index (χ1) is 13.9. The van der Waals surface area contributed by atoms with Gasteiger partial charge >= 0.3 is 6.18 Å². The van der Waals surface area contributed by atoms with Gasteiger partial charge in [-0.1, -0.05) is 6.92 Å². The van der Waals surface area contributed by atoms with Crippen LogP contribution in [-0.4, -0.2) is 21.3 Å². The van der Waals surface area contributed by atoms with E-state index in [0.29, 0.717) is 12.2 Å². The zero-order valence-corrected chi connectivity index (χ0v) is 17.4. The Morgan fingerprint density at radius 3 is 2.57 bits per heavy atom. The molecule has 0 aliphatic carbocycles. The van der Waals surface area contributed by atoms with Gasteiger partial charge in [0.25, 0.3) is 5.56 Å². The zero-order chi connectivity index (χ0) is 22.5. The third kappa shape index (κ3) is 6.20. The monoisotopic (exact) mass is 421 g/mol. The highest BCUT2D eigenvalue weighted by molar-refractivity contribution is 6.11. The summed E-state index contributed by atoms with van der Waals surface area (Å²) in [7, 11) is 0. The Hall–Kier alpha value is -3.10. The molecule has 0 aliphatic heterocycles. The zero-order valence-electron chi connectivity index (χ0n) is 17.4. The molecule has 0 aliphatic rings. The van der Waals surface area contributed by atoms with Gasteiger partial charge < -0.3 is 15.6 Å². The number of nitrogens with zero attached hydrogens (tertiary/aromatic N) is 3. The Balaban J connectivity index is 2.44. The molecule has 0 radical (unpaired) electrons. The lowest BCUT2D eigenvalue weighted by Crippen LogP contribution is -2.27. The van der Waals surface area contributed by atoms with Crippen molar-refractivity contribution in [1.29, 1.82) is 0 Å². The van der Waals surface area contributed by atoms with E-state index in [9.17, 15) is 18.0 Å². The molecule has 9 heteroatoms. The molecule has 0 unspecified atom stereocenters. The molecule has 6 nitrogen and oxygen atoms in total. The number of hydrogen-bond acceptors (Lipinski definition) is 5. The fourth-order valence-corrected chi connectivity index (χ4v) is 2.73. The smallest absolute Gasteiger partial charge is 0.404 e. The normalized spacial score (nSPS) is 13.1. The van der Waals surface area contributed by atoms with Crippen molar-refractivity contribution in [2.75, 3.05) is 5.32 Å². The largest absolute Gasteiger partial charge is 0.417 e. The number of halogens is 3. The molecule has 0 atom stereocenters. The molecular weight excluding hydrogens is 395 g/mol. The standard InChI is InChI=1S/C21H26F3N5O/c1-5-8-29-13-15(6-7-19(29)30)26-11-14(10-25)16-12-27-18(28-20(2,3)4)9-17(16)21(22,23)24/h6-7,9-13H,5,8,25H2,1-4H3,(H,27,28)/b14-10+,26-11?. The maximum Gasteiger partial charge on any atom is 0.417 e. The van der Waals surface area contributed by atoms with Crippen LogP contribution in [0.4, 0.5) is 24.7 Å². The van der Waals surface area contributed by atoms with Gasteiger partial charge in [0.2, 0.25) is 0 Å². The maximum atomic E-state index is 13.7. The summed E-state index contributed by atoms with van der Waals surface area (Å²) in [5.41, 5.74) is 4.41. The Morgan fingerprint density at radius 2 is 2.00 bits per heavy atom. The summed E-state index contributed by atoms with van der Waals surface area (Å²) in [5.74, 6) is 0.110. The molecule has 0 bridgehead atoms. The van der Waals surface area contributed by atoms with Crippen LogP contribution in [0.15, 0.2) is 46.6 Å². The van der Waals surface area contributed by atoms with Crippen LogP contribution in [0.3, 0.4) is 0 Å². The Bertz CT molecular complexity index is 1000. The van der Waals surface area contributed by atoms with Crippen LogP contribution in [0.2, 0.25) is 0 Å². The summed E-state index contributed by atoms with van der Waals surface area (Å²) in [6, 6.07) is 3.82. The van der Waals surface area contributed by atoms with E-state index in [2.05, 4.69) is 15.3 Å². The minimum Gasteiger partial charge on any atom is -0.404 e. The quantitative estimate of drug-likeness (QED) is 0.669. The van der Waals surface area contributed by atoms with E-state index in [0.717, 1.165) is 24.9 Å². The number of aromatic nitrogens is 2. The van der Waals surface area contributed by atoms with Crippen molar-refractivity contribution >= 4 is 23.3 Å². The molecule has 0 fully saturated rings. The highest BCUT2D eigenvalue weighted by atomic mass is 19.4. The average molecular weight is 421 g/mol. The molecule has 0 saturated carbocycles. The fourth-order valence-electron chi connectivity index (χ4n) is 2.73. The average Bonchev–Trinajstić information content (AvgIpc) is 2.63. The number of nitrogens with two attached hydrogens (primary N) is 1. The van der Waals surface area contributed by atoms with Gasteiger partial charge in [-0.25, -0.2) is 4.98 Å². The topological polar surface area (TPSA) is 85.3 Å². The number of allylic oxidation sites excluding steroid dienone is 1. The van der Waals surface area contributed by atoms with Crippen LogP contribution in [0.1, 0.15) is 45.2 Å². The number of hydrogen-bond donors (Lipinski definition) is 2. The van der Waals surface area contributed by atoms with E-state index >= 15 is 0 Å². The number of alkyl halides is 3. The van der Waals surface area contributed by atoms with Crippen molar-refractivity contribution in [2.24, 2.45) is 10.7 Å². The van der Waals surface area contributed by atoms with E-state index in [-0.39, 0.29) is 22.5 Å².